The molecule has 5 heteroatoms. The molecule has 0 saturated carbocycles. The van der Waals surface area contributed by atoms with E-state index in [0.29, 0.717) is 5.56 Å². The van der Waals surface area contributed by atoms with Crippen molar-refractivity contribution in [3.63, 3.8) is 0 Å². The summed E-state index contributed by atoms with van der Waals surface area (Å²) >= 11 is 0. The molecule has 0 bridgehead atoms. The molecule has 0 aliphatic carbocycles. The molecule has 0 spiro atoms. The highest BCUT2D eigenvalue weighted by molar-refractivity contribution is 5.25. The van der Waals surface area contributed by atoms with Crippen LogP contribution < -0.4 is 5.32 Å². The molecule has 1 heterocycles. The lowest BCUT2D eigenvalue weighted by atomic mass is 9.93. The molecule has 0 radical (unpaired) electrons. The van der Waals surface area contributed by atoms with Gasteiger partial charge < -0.3 is 5.32 Å². The zero-order valence-corrected chi connectivity index (χ0v) is 12.1. The van der Waals surface area contributed by atoms with E-state index >= 15 is 0 Å². The summed E-state index contributed by atoms with van der Waals surface area (Å²) < 4.78 is 40.1. The van der Waals surface area contributed by atoms with E-state index in [4.69, 9.17) is 0 Å². The van der Waals surface area contributed by atoms with E-state index in [0.717, 1.165) is 31.6 Å². The van der Waals surface area contributed by atoms with Crippen molar-refractivity contribution in [1.82, 2.24) is 10.2 Å². The minimum Gasteiger partial charge on any atom is -0.319 e. The molecule has 2 unspecified atom stereocenters. The monoisotopic (exact) mass is 286 g/mol. The molecular formula is C15H21F3N2. The summed E-state index contributed by atoms with van der Waals surface area (Å²) in [5.41, 5.74) is 0.521. The van der Waals surface area contributed by atoms with Crippen LogP contribution in [0.1, 0.15) is 31.9 Å². The zero-order valence-electron chi connectivity index (χ0n) is 12.1. The Bertz CT molecular complexity index is 453. The smallest absolute Gasteiger partial charge is 0.194 e. The Balaban J connectivity index is 2.39. The first-order valence-electron chi connectivity index (χ1n) is 7.00. The van der Waals surface area contributed by atoms with Crippen LogP contribution in [-0.2, 0) is 0 Å². The second kappa shape index (κ2) is 6.14. The van der Waals surface area contributed by atoms with Gasteiger partial charge in [-0.2, -0.15) is 0 Å². The number of halogens is 3. The van der Waals surface area contributed by atoms with Gasteiger partial charge in [0.15, 0.2) is 17.5 Å². The highest BCUT2D eigenvalue weighted by atomic mass is 19.2. The average Bonchev–Trinajstić information content (AvgIpc) is 2.79. The van der Waals surface area contributed by atoms with Crippen molar-refractivity contribution in [2.75, 3.05) is 20.1 Å². The van der Waals surface area contributed by atoms with E-state index < -0.39 is 17.5 Å². The van der Waals surface area contributed by atoms with Crippen LogP contribution in [0.4, 0.5) is 13.2 Å². The van der Waals surface area contributed by atoms with Crippen LogP contribution in [-0.4, -0.2) is 31.1 Å². The van der Waals surface area contributed by atoms with Crippen molar-refractivity contribution in [2.24, 2.45) is 5.92 Å². The first-order valence-corrected chi connectivity index (χ1v) is 7.00. The van der Waals surface area contributed by atoms with E-state index in [-0.39, 0.29) is 18.0 Å². The lowest BCUT2D eigenvalue weighted by Gasteiger charge is -2.31. The second-order valence-corrected chi connectivity index (χ2v) is 5.68. The molecule has 1 aromatic carbocycles. The molecule has 1 aliphatic rings. The predicted molar refractivity (Wildman–Crippen MR) is 72.9 cm³/mol. The van der Waals surface area contributed by atoms with Gasteiger partial charge in [0.05, 0.1) is 0 Å². The Morgan fingerprint density at radius 3 is 2.35 bits per heavy atom. The third-order valence-corrected chi connectivity index (χ3v) is 4.04. The van der Waals surface area contributed by atoms with Crippen LogP contribution >= 0.6 is 0 Å². The number of nitrogens with one attached hydrogen (secondary N) is 1. The molecule has 1 fully saturated rings. The highest BCUT2D eigenvalue weighted by Crippen LogP contribution is 2.39. The highest BCUT2D eigenvalue weighted by Gasteiger charge is 2.36. The molecule has 2 nitrogen and oxygen atoms in total. The largest absolute Gasteiger partial charge is 0.319 e. The number of likely N-dealkylation sites (tertiary alicyclic amines) is 1. The molecule has 1 saturated heterocycles. The van der Waals surface area contributed by atoms with Gasteiger partial charge in [-0.25, -0.2) is 13.2 Å². The summed E-state index contributed by atoms with van der Waals surface area (Å²) in [6.07, 6.45) is 0.963. The quantitative estimate of drug-likeness (QED) is 0.856. The lowest BCUT2D eigenvalue weighted by molar-refractivity contribution is 0.181. The topological polar surface area (TPSA) is 15.3 Å². The van der Waals surface area contributed by atoms with Gasteiger partial charge in [-0.1, -0.05) is 0 Å². The van der Waals surface area contributed by atoms with Gasteiger partial charge in [-0.05, 0) is 64.0 Å². The van der Waals surface area contributed by atoms with Gasteiger partial charge in [0.2, 0.25) is 0 Å². The maximum atomic E-state index is 13.5. The summed E-state index contributed by atoms with van der Waals surface area (Å²) in [4.78, 5) is 2.22. The molecular weight excluding hydrogens is 265 g/mol. The summed E-state index contributed by atoms with van der Waals surface area (Å²) in [7, 11) is 1.86. The number of nitrogens with zero attached hydrogens (tertiary/aromatic N) is 1. The van der Waals surface area contributed by atoms with Crippen LogP contribution in [0.5, 0.6) is 0 Å². The standard InChI is InChI=1S/C15H21F3N2/c1-9(2)20-5-4-10(8-19-3)15(20)11-6-12(16)14(18)13(17)7-11/h6-7,9-10,15,19H,4-5,8H2,1-3H3. The van der Waals surface area contributed by atoms with Crippen molar-refractivity contribution in [1.29, 1.82) is 0 Å². The van der Waals surface area contributed by atoms with E-state index in [9.17, 15) is 13.2 Å². The minimum atomic E-state index is -1.40. The van der Waals surface area contributed by atoms with Crippen molar-refractivity contribution in [3.05, 3.63) is 35.1 Å². The van der Waals surface area contributed by atoms with Gasteiger partial charge in [0, 0.05) is 12.1 Å². The van der Waals surface area contributed by atoms with Crippen LogP contribution in [0.3, 0.4) is 0 Å². The maximum Gasteiger partial charge on any atom is 0.194 e. The summed E-state index contributed by atoms with van der Waals surface area (Å²) in [5.74, 6) is -3.35. The molecule has 2 atom stereocenters. The molecule has 0 amide bonds. The van der Waals surface area contributed by atoms with Crippen molar-refractivity contribution in [3.8, 4) is 0 Å². The third kappa shape index (κ3) is 2.83. The van der Waals surface area contributed by atoms with Gasteiger partial charge in [0.1, 0.15) is 0 Å². The maximum absolute atomic E-state index is 13.5. The zero-order chi connectivity index (χ0) is 14.9. The predicted octanol–water partition coefficient (Wildman–Crippen LogP) is 3.09. The van der Waals surface area contributed by atoms with Gasteiger partial charge in [-0.15, -0.1) is 0 Å². The van der Waals surface area contributed by atoms with E-state index in [2.05, 4.69) is 24.1 Å². The Kier molecular flexibility index (Phi) is 4.70. The van der Waals surface area contributed by atoms with Crippen molar-refractivity contribution >= 4 is 0 Å². The third-order valence-electron chi connectivity index (χ3n) is 4.04. The van der Waals surface area contributed by atoms with Gasteiger partial charge >= 0.3 is 0 Å². The molecule has 20 heavy (non-hydrogen) atoms. The molecule has 2 rings (SSSR count). The fourth-order valence-corrected chi connectivity index (χ4v) is 3.15. The normalized spacial score (nSPS) is 23.8. The number of hydrogen-bond acceptors (Lipinski definition) is 2. The fourth-order valence-electron chi connectivity index (χ4n) is 3.15. The molecule has 112 valence electrons. The Labute approximate surface area is 118 Å². The summed E-state index contributed by atoms with van der Waals surface area (Å²) in [5, 5.41) is 3.12. The van der Waals surface area contributed by atoms with Crippen molar-refractivity contribution in [2.45, 2.75) is 32.4 Å². The summed E-state index contributed by atoms with van der Waals surface area (Å²) in [6.45, 7) is 5.78. The molecule has 1 aliphatic heterocycles. The minimum absolute atomic E-state index is 0.0768. The van der Waals surface area contributed by atoms with Crippen LogP contribution in [0.25, 0.3) is 0 Å². The molecule has 1 aromatic rings. The molecule has 1 N–H and O–H groups in total. The first-order chi connectivity index (χ1) is 9.45. The van der Waals surface area contributed by atoms with E-state index in [1.165, 1.54) is 0 Å². The van der Waals surface area contributed by atoms with Crippen LogP contribution in [0.2, 0.25) is 0 Å². The Morgan fingerprint density at radius 2 is 1.85 bits per heavy atom. The van der Waals surface area contributed by atoms with Crippen LogP contribution in [0.15, 0.2) is 12.1 Å². The van der Waals surface area contributed by atoms with E-state index in [1.807, 2.05) is 7.05 Å². The Hall–Kier alpha value is -1.07. The lowest BCUT2D eigenvalue weighted by Crippen LogP contribution is -2.34. The Morgan fingerprint density at radius 1 is 1.25 bits per heavy atom. The van der Waals surface area contributed by atoms with Gasteiger partial charge in [0.25, 0.3) is 0 Å². The number of hydrogen-bond donors (Lipinski definition) is 1. The number of rotatable bonds is 4. The first kappa shape index (κ1) is 15.3. The van der Waals surface area contributed by atoms with E-state index in [1.54, 1.807) is 0 Å². The fraction of sp³-hybridized carbons (Fsp3) is 0.600. The molecule has 0 aromatic heterocycles. The average molecular weight is 286 g/mol. The second-order valence-electron chi connectivity index (χ2n) is 5.68. The van der Waals surface area contributed by atoms with Crippen LogP contribution in [0, 0.1) is 23.4 Å². The van der Waals surface area contributed by atoms with Crippen molar-refractivity contribution < 1.29 is 13.2 Å². The SMILES string of the molecule is CNCC1CCN(C(C)C)C1c1cc(F)c(F)c(F)c1. The number of benzene rings is 1. The van der Waals surface area contributed by atoms with Gasteiger partial charge in [-0.3, -0.25) is 4.90 Å². The summed E-state index contributed by atoms with van der Waals surface area (Å²) in [6, 6.07) is 2.46.